The summed E-state index contributed by atoms with van der Waals surface area (Å²) in [6, 6.07) is 10.1. The molecule has 3 rings (SSSR count). The molecule has 1 fully saturated rings. The monoisotopic (exact) mass is 512 g/mol. The molecule has 2 heterocycles. The summed E-state index contributed by atoms with van der Waals surface area (Å²) in [6.07, 6.45) is 3.58. The molecule has 1 aliphatic heterocycles. The van der Waals surface area contributed by atoms with Crippen LogP contribution in [0.1, 0.15) is 12.5 Å². The van der Waals surface area contributed by atoms with Crippen LogP contribution < -0.4 is 10.2 Å². The van der Waals surface area contributed by atoms with E-state index in [0.717, 1.165) is 30.3 Å². The predicted molar refractivity (Wildman–Crippen MR) is 125 cm³/mol. The maximum Gasteiger partial charge on any atom is 0.246 e. The van der Waals surface area contributed by atoms with Crippen LogP contribution in [0.15, 0.2) is 47.7 Å². The minimum atomic E-state index is 0. The van der Waals surface area contributed by atoms with Crippen molar-refractivity contribution in [1.82, 2.24) is 20.0 Å². The molecule has 158 valence electrons. The van der Waals surface area contributed by atoms with E-state index in [4.69, 9.17) is 4.74 Å². The van der Waals surface area contributed by atoms with Crippen LogP contribution in [-0.4, -0.2) is 65.9 Å². The molecular formula is C20H29IN6O2. The number of nitrogens with zero attached hydrogens (tertiary/aromatic N) is 5. The van der Waals surface area contributed by atoms with E-state index in [1.165, 1.54) is 0 Å². The number of rotatable bonds is 7. The molecule has 0 aliphatic carbocycles. The van der Waals surface area contributed by atoms with Gasteiger partial charge in [-0.1, -0.05) is 30.3 Å². The lowest BCUT2D eigenvalue weighted by Gasteiger charge is -2.35. The van der Waals surface area contributed by atoms with E-state index in [1.54, 1.807) is 15.8 Å². The number of carbonyl (C=O) groups is 1. The first kappa shape index (κ1) is 23.1. The minimum Gasteiger partial charge on any atom is -0.375 e. The van der Waals surface area contributed by atoms with Crippen molar-refractivity contribution in [2.75, 3.05) is 44.2 Å². The van der Waals surface area contributed by atoms with E-state index >= 15 is 0 Å². The summed E-state index contributed by atoms with van der Waals surface area (Å²) >= 11 is 0. The number of nitrogens with one attached hydrogen (secondary N) is 1. The Morgan fingerprint density at radius 2 is 2.07 bits per heavy atom. The lowest BCUT2D eigenvalue weighted by molar-refractivity contribution is -0.120. The Labute approximate surface area is 188 Å². The van der Waals surface area contributed by atoms with Crippen LogP contribution in [0.3, 0.4) is 0 Å². The third-order valence-electron chi connectivity index (χ3n) is 4.47. The fourth-order valence-electron chi connectivity index (χ4n) is 3.08. The van der Waals surface area contributed by atoms with E-state index in [2.05, 4.69) is 15.4 Å². The standard InChI is InChI=1S/C20H28N6O2.HI/c1-3-21-20(22-9-12-28-16-17-7-5-4-6-8-17)25-10-11-26(19(27)15-25)18-13-23-24(2)14-18;/h4-8,13-14H,3,9-12,15-16H2,1-2H3,(H,21,22);1H. The summed E-state index contributed by atoms with van der Waals surface area (Å²) in [5.74, 6) is 0.801. The molecule has 1 amide bonds. The van der Waals surface area contributed by atoms with E-state index in [0.29, 0.717) is 32.8 Å². The lowest BCUT2D eigenvalue weighted by Crippen LogP contribution is -2.55. The van der Waals surface area contributed by atoms with Crippen molar-refractivity contribution < 1.29 is 9.53 Å². The molecule has 1 saturated heterocycles. The molecule has 1 aromatic heterocycles. The zero-order valence-corrected chi connectivity index (χ0v) is 19.3. The van der Waals surface area contributed by atoms with Gasteiger partial charge in [-0.2, -0.15) is 5.10 Å². The summed E-state index contributed by atoms with van der Waals surface area (Å²) in [5, 5.41) is 7.42. The van der Waals surface area contributed by atoms with Crippen molar-refractivity contribution in [3.05, 3.63) is 48.3 Å². The van der Waals surface area contributed by atoms with Gasteiger partial charge in [0.1, 0.15) is 6.54 Å². The largest absolute Gasteiger partial charge is 0.375 e. The van der Waals surface area contributed by atoms with E-state index in [1.807, 2.05) is 55.4 Å². The first-order valence-electron chi connectivity index (χ1n) is 9.61. The van der Waals surface area contributed by atoms with Gasteiger partial charge in [0.2, 0.25) is 5.91 Å². The van der Waals surface area contributed by atoms with Crippen LogP contribution in [0.25, 0.3) is 0 Å². The molecule has 0 unspecified atom stereocenters. The van der Waals surface area contributed by atoms with Crippen molar-refractivity contribution in [2.24, 2.45) is 12.0 Å². The predicted octanol–water partition coefficient (Wildman–Crippen LogP) is 1.87. The second-order valence-electron chi connectivity index (χ2n) is 6.61. The molecule has 0 saturated carbocycles. The van der Waals surface area contributed by atoms with Crippen molar-refractivity contribution >= 4 is 41.5 Å². The molecule has 1 aromatic carbocycles. The molecule has 0 spiro atoms. The van der Waals surface area contributed by atoms with Crippen LogP contribution in [0.2, 0.25) is 0 Å². The summed E-state index contributed by atoms with van der Waals surface area (Å²) in [6.45, 7) is 6.06. The van der Waals surface area contributed by atoms with E-state index in [-0.39, 0.29) is 29.9 Å². The lowest BCUT2D eigenvalue weighted by atomic mass is 10.2. The van der Waals surface area contributed by atoms with Gasteiger partial charge in [-0.3, -0.25) is 14.5 Å². The number of aryl methyl sites for hydroxylation is 1. The smallest absolute Gasteiger partial charge is 0.246 e. The SMILES string of the molecule is CCNC(=NCCOCc1ccccc1)N1CCN(c2cnn(C)c2)C(=O)C1.I. The minimum absolute atomic E-state index is 0. The maximum absolute atomic E-state index is 12.6. The third-order valence-corrected chi connectivity index (χ3v) is 4.47. The van der Waals surface area contributed by atoms with Crippen LogP contribution in [-0.2, 0) is 23.2 Å². The highest BCUT2D eigenvalue weighted by atomic mass is 127. The molecule has 29 heavy (non-hydrogen) atoms. The Hall–Kier alpha value is -2.14. The number of carbonyl (C=O) groups excluding carboxylic acids is 1. The quantitative estimate of drug-likeness (QED) is 0.266. The average molecular weight is 512 g/mol. The Kier molecular flexibility index (Phi) is 9.39. The van der Waals surface area contributed by atoms with Crippen molar-refractivity contribution in [3.8, 4) is 0 Å². The first-order valence-corrected chi connectivity index (χ1v) is 9.61. The molecule has 1 aliphatic rings. The van der Waals surface area contributed by atoms with Gasteiger partial charge in [0.25, 0.3) is 0 Å². The summed E-state index contributed by atoms with van der Waals surface area (Å²) < 4.78 is 7.40. The van der Waals surface area contributed by atoms with Gasteiger partial charge in [-0.25, -0.2) is 0 Å². The van der Waals surface area contributed by atoms with Crippen LogP contribution in [0.5, 0.6) is 0 Å². The fraction of sp³-hybridized carbons (Fsp3) is 0.450. The Morgan fingerprint density at radius 3 is 2.72 bits per heavy atom. The van der Waals surface area contributed by atoms with Crippen LogP contribution >= 0.6 is 24.0 Å². The van der Waals surface area contributed by atoms with Crippen molar-refractivity contribution in [2.45, 2.75) is 13.5 Å². The molecule has 2 aromatic rings. The average Bonchev–Trinajstić information content (AvgIpc) is 3.13. The van der Waals surface area contributed by atoms with E-state index in [9.17, 15) is 4.79 Å². The number of benzene rings is 1. The molecule has 0 atom stereocenters. The van der Waals surface area contributed by atoms with Crippen LogP contribution in [0.4, 0.5) is 5.69 Å². The van der Waals surface area contributed by atoms with Gasteiger partial charge >= 0.3 is 0 Å². The van der Waals surface area contributed by atoms with E-state index < -0.39 is 0 Å². The molecular weight excluding hydrogens is 483 g/mol. The summed E-state index contributed by atoms with van der Waals surface area (Å²) in [4.78, 5) is 21.0. The molecule has 0 radical (unpaired) electrons. The highest BCUT2D eigenvalue weighted by Gasteiger charge is 2.27. The zero-order chi connectivity index (χ0) is 19.8. The first-order chi connectivity index (χ1) is 13.7. The van der Waals surface area contributed by atoms with Gasteiger partial charge in [0, 0.05) is 32.9 Å². The number of hydrogen-bond donors (Lipinski definition) is 1. The number of guanidine groups is 1. The molecule has 8 nitrogen and oxygen atoms in total. The van der Waals surface area contributed by atoms with Gasteiger partial charge < -0.3 is 19.9 Å². The van der Waals surface area contributed by atoms with Gasteiger partial charge in [0.05, 0.1) is 31.6 Å². The van der Waals surface area contributed by atoms with Crippen molar-refractivity contribution in [3.63, 3.8) is 0 Å². The number of aromatic nitrogens is 2. The highest BCUT2D eigenvalue weighted by molar-refractivity contribution is 14.0. The topological polar surface area (TPSA) is 75.0 Å². The Morgan fingerprint density at radius 1 is 1.28 bits per heavy atom. The number of ether oxygens (including phenoxy) is 1. The number of hydrogen-bond acceptors (Lipinski definition) is 4. The number of amides is 1. The number of halogens is 1. The number of aliphatic imine (C=N–C) groups is 1. The summed E-state index contributed by atoms with van der Waals surface area (Å²) in [5.41, 5.74) is 1.99. The van der Waals surface area contributed by atoms with Crippen molar-refractivity contribution in [1.29, 1.82) is 0 Å². The normalized spacial score (nSPS) is 14.7. The second-order valence-corrected chi connectivity index (χ2v) is 6.61. The third kappa shape index (κ3) is 6.70. The van der Waals surface area contributed by atoms with Gasteiger partial charge in [-0.15, -0.1) is 24.0 Å². The highest BCUT2D eigenvalue weighted by Crippen LogP contribution is 2.16. The summed E-state index contributed by atoms with van der Waals surface area (Å²) in [7, 11) is 1.85. The Balaban J connectivity index is 0.00000300. The zero-order valence-electron chi connectivity index (χ0n) is 17.0. The second kappa shape index (κ2) is 11.8. The fourth-order valence-corrected chi connectivity index (χ4v) is 3.08. The number of piperazine rings is 1. The van der Waals surface area contributed by atoms with Crippen LogP contribution in [0, 0.1) is 0 Å². The van der Waals surface area contributed by atoms with Gasteiger partial charge in [0.15, 0.2) is 5.96 Å². The van der Waals surface area contributed by atoms with Gasteiger partial charge in [-0.05, 0) is 12.5 Å². The maximum atomic E-state index is 12.6. The number of anilines is 1. The molecule has 0 bridgehead atoms. The Bertz CT molecular complexity index is 795. The molecule has 9 heteroatoms. The molecule has 1 N–H and O–H groups in total.